The Balaban J connectivity index is 1.95. The third kappa shape index (κ3) is 9.02. The number of quaternary nitrogens is 1. The van der Waals surface area contributed by atoms with E-state index in [1.54, 1.807) is 12.2 Å². The van der Waals surface area contributed by atoms with Gasteiger partial charge >= 0.3 is 5.97 Å². The average Bonchev–Trinajstić information content (AvgIpc) is 3.04. The molecule has 0 bridgehead atoms. The molecule has 3 aliphatic rings. The van der Waals surface area contributed by atoms with Crippen molar-refractivity contribution in [2.75, 3.05) is 53.1 Å². The normalized spacial score (nSPS) is 36.8. The molecule has 2 saturated heterocycles. The van der Waals surface area contributed by atoms with Gasteiger partial charge < -0.3 is 75.4 Å². The highest BCUT2D eigenvalue weighted by Crippen LogP contribution is 2.36. The molecule has 260 valence electrons. The number of hydrogen-bond acceptors (Lipinski definition) is 14. The highest BCUT2D eigenvalue weighted by atomic mass is 16.8. The minimum Gasteiger partial charge on any atom is -0.550 e. The summed E-state index contributed by atoms with van der Waals surface area (Å²) < 4.78 is 21.9. The fraction of sp³-hybridized carbons (Fsp3) is 0.690. The van der Waals surface area contributed by atoms with Crippen molar-refractivity contribution < 1.29 is 69.2 Å². The Labute approximate surface area is 266 Å². The van der Waals surface area contributed by atoms with E-state index in [-0.39, 0.29) is 44.4 Å². The second kappa shape index (κ2) is 17.7. The molecule has 12 atom stereocenters. The van der Waals surface area contributed by atoms with E-state index in [9.17, 15) is 40.2 Å². The summed E-state index contributed by atoms with van der Waals surface area (Å²) in [7, 11) is 1.18. The van der Waals surface area contributed by atoms with Gasteiger partial charge in [-0.3, -0.25) is 4.99 Å². The Bertz CT molecular complexity index is 1120. The number of nitrogens with zero attached hydrogens (tertiary/aromatic N) is 1. The molecule has 10 N–H and O–H groups in total. The monoisotopic (exact) mass is 658 g/mol. The van der Waals surface area contributed by atoms with Gasteiger partial charge in [0.05, 0.1) is 69.1 Å². The van der Waals surface area contributed by atoms with Crippen LogP contribution in [-0.4, -0.2) is 145 Å². The van der Waals surface area contributed by atoms with Gasteiger partial charge in [-0.1, -0.05) is 18.2 Å². The lowest BCUT2D eigenvalue weighted by Gasteiger charge is -2.43. The average molecular weight is 659 g/mol. The third-order valence-corrected chi connectivity index (χ3v) is 8.40. The first-order chi connectivity index (χ1) is 22.0. The molecule has 0 aromatic heterocycles. The van der Waals surface area contributed by atoms with Crippen molar-refractivity contribution in [1.82, 2.24) is 5.32 Å². The minimum absolute atomic E-state index is 0.0214. The molecular formula is C29H46N4O13. The van der Waals surface area contributed by atoms with Gasteiger partial charge in [0.15, 0.2) is 12.2 Å². The summed E-state index contributed by atoms with van der Waals surface area (Å²) in [5, 5.41) is 74.3. The van der Waals surface area contributed by atoms with Crippen molar-refractivity contribution in [3.05, 3.63) is 36.6 Å². The molecule has 0 aromatic rings. The lowest BCUT2D eigenvalue weighted by Crippen LogP contribution is -3.16. The standard InChI is InChI=1S/C29H46N4O13/c1-3-16-17(19(26(42)43-2)14-44-27(16)46-28-24(39)23(38)22(37)20(13-36)45-28)6-5-15-11-33(8-10-35)12-18(25(40)41)21(15)32-29(30)31-7-4-9-34/h3,5-6,14-18,20-24,27-28,34-39H,1,4,7-13H2,2H3,(H,40,41)(H3,30,31,32)/t15?,16-,17+,18?,20-,21?,22-,23+,24-,27+,28-/m1/s1. The molecule has 0 amide bonds. The van der Waals surface area contributed by atoms with Gasteiger partial charge in [0.2, 0.25) is 6.29 Å². The maximum absolute atomic E-state index is 12.8. The zero-order chi connectivity index (χ0) is 34.0. The summed E-state index contributed by atoms with van der Waals surface area (Å²) in [4.78, 5) is 30.0. The molecule has 3 aliphatic heterocycles. The number of ether oxygens (including phenoxy) is 4. The highest BCUT2D eigenvalue weighted by Gasteiger charge is 2.47. The molecule has 17 heteroatoms. The number of aliphatic imine (C=N–C) groups is 1. The van der Waals surface area contributed by atoms with E-state index < -0.39 is 85.3 Å². The Kier molecular flexibility index (Phi) is 14.4. The number of rotatable bonds is 14. The van der Waals surface area contributed by atoms with Crippen LogP contribution in [0.15, 0.2) is 41.6 Å². The van der Waals surface area contributed by atoms with Gasteiger partial charge in [-0.05, 0) is 6.42 Å². The predicted octanol–water partition coefficient (Wildman–Crippen LogP) is -6.28. The van der Waals surface area contributed by atoms with Crippen LogP contribution in [0.5, 0.6) is 0 Å². The number of nitrogens with two attached hydrogens (primary N) is 1. The SMILES string of the molecule is C=C[C@H]1[C@H](O[C@H]2O[C@H](CO)[C@@H](O)[C@H](O)[C@H]2O)OC=C(C(=O)OC)[C@H]1C=CC1C[NH+](CCO)CC(C(=O)[O-])C1NC(N)=NCCCO. The molecule has 4 unspecified atom stereocenters. The number of carboxylic acids is 1. The first kappa shape index (κ1) is 37.3. The van der Waals surface area contributed by atoms with Crippen LogP contribution in [0.25, 0.3) is 0 Å². The molecule has 0 aromatic carbocycles. The Morgan fingerprint density at radius 1 is 1.15 bits per heavy atom. The molecule has 0 radical (unpaired) electrons. The zero-order valence-corrected chi connectivity index (χ0v) is 25.6. The number of likely N-dealkylation sites (tertiary alicyclic amines) is 1. The smallest absolute Gasteiger partial charge is 0.337 e. The van der Waals surface area contributed by atoms with E-state index >= 15 is 0 Å². The summed E-state index contributed by atoms with van der Waals surface area (Å²) in [6.45, 7) is 3.89. The highest BCUT2D eigenvalue weighted by molar-refractivity contribution is 5.89. The lowest BCUT2D eigenvalue weighted by molar-refractivity contribution is -0.911. The number of carbonyl (C=O) groups is 2. The number of allylic oxidation sites excluding steroid dienone is 1. The van der Waals surface area contributed by atoms with Crippen LogP contribution in [0.1, 0.15) is 6.42 Å². The number of aliphatic carboxylic acids is 1. The second-order valence-electron chi connectivity index (χ2n) is 11.4. The predicted molar refractivity (Wildman–Crippen MR) is 156 cm³/mol. The van der Waals surface area contributed by atoms with Crippen molar-refractivity contribution in [2.45, 2.75) is 49.5 Å². The first-order valence-corrected chi connectivity index (χ1v) is 15.0. The number of hydrogen-bond donors (Lipinski definition) is 9. The Morgan fingerprint density at radius 2 is 1.89 bits per heavy atom. The molecular weight excluding hydrogens is 612 g/mol. The fourth-order valence-electron chi connectivity index (χ4n) is 5.93. The molecule has 0 saturated carbocycles. The molecule has 3 rings (SSSR count). The quantitative estimate of drug-likeness (QED) is 0.0276. The number of aliphatic hydroxyl groups is 6. The van der Waals surface area contributed by atoms with E-state index in [0.717, 1.165) is 11.2 Å². The van der Waals surface area contributed by atoms with Gasteiger partial charge in [-0.15, -0.1) is 6.58 Å². The van der Waals surface area contributed by atoms with Crippen molar-refractivity contribution in [1.29, 1.82) is 0 Å². The van der Waals surface area contributed by atoms with Crippen molar-refractivity contribution in [3.63, 3.8) is 0 Å². The van der Waals surface area contributed by atoms with Crippen LogP contribution in [0, 0.1) is 23.7 Å². The number of nitrogens with one attached hydrogen (secondary N) is 2. The molecule has 2 fully saturated rings. The van der Waals surface area contributed by atoms with Gasteiger partial charge in [0, 0.05) is 25.0 Å². The molecule has 0 spiro atoms. The van der Waals surface area contributed by atoms with Crippen LogP contribution in [0.3, 0.4) is 0 Å². The summed E-state index contributed by atoms with van der Waals surface area (Å²) in [5.41, 5.74) is 6.13. The number of carboxylic acid groups (broad SMARTS) is 1. The number of methoxy groups -OCH3 is 1. The zero-order valence-electron chi connectivity index (χ0n) is 25.6. The Morgan fingerprint density at radius 3 is 2.50 bits per heavy atom. The number of aliphatic hydroxyl groups excluding tert-OH is 6. The van der Waals surface area contributed by atoms with Crippen LogP contribution < -0.4 is 21.1 Å². The van der Waals surface area contributed by atoms with Crippen LogP contribution >= 0.6 is 0 Å². The topological polar surface area (TPSA) is 270 Å². The van der Waals surface area contributed by atoms with E-state index in [1.165, 1.54) is 13.2 Å². The van der Waals surface area contributed by atoms with Crippen LogP contribution in [0.2, 0.25) is 0 Å². The van der Waals surface area contributed by atoms with Crippen LogP contribution in [-0.2, 0) is 28.5 Å². The molecule has 0 aliphatic carbocycles. The van der Waals surface area contributed by atoms with Crippen molar-refractivity contribution in [2.24, 2.45) is 34.4 Å². The summed E-state index contributed by atoms with van der Waals surface area (Å²) in [6, 6.07) is -0.796. The van der Waals surface area contributed by atoms with Crippen LogP contribution in [0.4, 0.5) is 0 Å². The summed E-state index contributed by atoms with van der Waals surface area (Å²) >= 11 is 0. The van der Waals surface area contributed by atoms with Gasteiger partial charge in [-0.2, -0.15) is 0 Å². The van der Waals surface area contributed by atoms with E-state index in [1.807, 2.05) is 0 Å². The van der Waals surface area contributed by atoms with Crippen molar-refractivity contribution >= 4 is 17.9 Å². The summed E-state index contributed by atoms with van der Waals surface area (Å²) in [5.74, 6) is -5.32. The maximum atomic E-state index is 12.8. The second-order valence-corrected chi connectivity index (χ2v) is 11.4. The number of piperidine rings is 1. The van der Waals surface area contributed by atoms with Gasteiger partial charge in [0.25, 0.3) is 0 Å². The van der Waals surface area contributed by atoms with Crippen molar-refractivity contribution in [3.8, 4) is 0 Å². The molecule has 17 nitrogen and oxygen atoms in total. The number of guanidine groups is 1. The van der Waals surface area contributed by atoms with E-state index in [0.29, 0.717) is 13.0 Å². The third-order valence-electron chi connectivity index (χ3n) is 8.40. The lowest BCUT2D eigenvalue weighted by atomic mass is 9.79. The molecule has 3 heterocycles. The fourth-order valence-corrected chi connectivity index (χ4v) is 5.93. The molecule has 46 heavy (non-hydrogen) atoms. The minimum atomic E-state index is -1.72. The largest absolute Gasteiger partial charge is 0.550 e. The van der Waals surface area contributed by atoms with E-state index in [4.69, 9.17) is 29.8 Å². The van der Waals surface area contributed by atoms with E-state index in [2.05, 4.69) is 16.9 Å². The van der Waals surface area contributed by atoms with Gasteiger partial charge in [0.1, 0.15) is 31.0 Å². The number of carbonyl (C=O) groups excluding carboxylic acids is 2. The summed E-state index contributed by atoms with van der Waals surface area (Å²) in [6.07, 6.45) is -2.77. The van der Waals surface area contributed by atoms with Gasteiger partial charge in [-0.25, -0.2) is 4.79 Å². The number of esters is 1. The Hall–Kier alpha value is -3.13. The first-order valence-electron chi connectivity index (χ1n) is 15.0. The maximum Gasteiger partial charge on any atom is 0.337 e.